The third-order valence-corrected chi connectivity index (χ3v) is 2.20. The van der Waals surface area contributed by atoms with Gasteiger partial charge < -0.3 is 10.4 Å². The number of hydrogen-bond donors (Lipinski definition) is 2. The van der Waals surface area contributed by atoms with Gasteiger partial charge >= 0.3 is 0 Å². The van der Waals surface area contributed by atoms with E-state index < -0.39 is 0 Å². The van der Waals surface area contributed by atoms with E-state index in [2.05, 4.69) is 12.2 Å². The molecule has 0 aromatic carbocycles. The van der Waals surface area contributed by atoms with E-state index in [1.165, 1.54) is 6.42 Å². The van der Waals surface area contributed by atoms with E-state index in [1.54, 1.807) is 0 Å². The minimum Gasteiger partial charge on any atom is -0.393 e. The van der Waals surface area contributed by atoms with Crippen LogP contribution in [0.4, 0.5) is 0 Å². The monoisotopic (exact) mass is 143 g/mol. The van der Waals surface area contributed by atoms with Crippen LogP contribution in [0.15, 0.2) is 0 Å². The highest BCUT2D eigenvalue weighted by Gasteiger charge is 2.21. The Kier molecular flexibility index (Phi) is 3.16. The quantitative estimate of drug-likeness (QED) is 0.611. The Morgan fingerprint density at radius 1 is 1.50 bits per heavy atom. The second-order valence-corrected chi connectivity index (χ2v) is 3.14. The number of aliphatic hydroxyl groups is 1. The minimum absolute atomic E-state index is 0.0105. The Labute approximate surface area is 62.6 Å². The van der Waals surface area contributed by atoms with Crippen molar-refractivity contribution < 1.29 is 5.11 Å². The van der Waals surface area contributed by atoms with Gasteiger partial charge in [0, 0.05) is 0 Å². The molecule has 2 N–H and O–H groups in total. The Morgan fingerprint density at radius 2 is 2.30 bits per heavy atom. The molecule has 1 rings (SSSR count). The zero-order valence-electron chi connectivity index (χ0n) is 6.64. The molecular formula is C8H17NO. The summed E-state index contributed by atoms with van der Waals surface area (Å²) < 4.78 is 0. The topological polar surface area (TPSA) is 32.3 Å². The molecule has 1 aliphatic carbocycles. The fourth-order valence-corrected chi connectivity index (χ4v) is 1.58. The number of nitrogens with one attached hydrogen (secondary N) is 1. The molecule has 10 heavy (non-hydrogen) atoms. The van der Waals surface area contributed by atoms with Crippen molar-refractivity contribution in [2.24, 2.45) is 5.92 Å². The highest BCUT2D eigenvalue weighted by molar-refractivity contribution is 4.75. The number of aliphatic hydroxyl groups excluding tert-OH is 1. The van der Waals surface area contributed by atoms with Gasteiger partial charge in [0.25, 0.3) is 0 Å². The summed E-state index contributed by atoms with van der Waals surface area (Å²) in [6.45, 7) is 4.26. The smallest absolute Gasteiger partial charge is 0.0543 e. The fourth-order valence-electron chi connectivity index (χ4n) is 1.58. The van der Waals surface area contributed by atoms with E-state index in [9.17, 15) is 5.11 Å². The Morgan fingerprint density at radius 3 is 2.80 bits per heavy atom. The lowest BCUT2D eigenvalue weighted by Crippen LogP contribution is -2.21. The highest BCUT2D eigenvalue weighted by atomic mass is 16.3. The number of rotatable bonds is 3. The molecule has 0 amide bonds. The maximum absolute atomic E-state index is 9.17. The molecule has 0 aliphatic heterocycles. The summed E-state index contributed by atoms with van der Waals surface area (Å²) in [5.41, 5.74) is 0. The van der Waals surface area contributed by atoms with Crippen molar-refractivity contribution in [2.45, 2.75) is 32.3 Å². The van der Waals surface area contributed by atoms with Gasteiger partial charge in [-0.05, 0) is 38.3 Å². The van der Waals surface area contributed by atoms with Crippen LogP contribution in [0.3, 0.4) is 0 Å². The largest absolute Gasteiger partial charge is 0.393 e. The Hall–Kier alpha value is -0.0800. The molecule has 0 aromatic heterocycles. The fraction of sp³-hybridized carbons (Fsp3) is 1.00. The molecule has 0 aromatic rings. The lowest BCUT2D eigenvalue weighted by molar-refractivity contribution is 0.177. The molecule has 0 radical (unpaired) electrons. The van der Waals surface area contributed by atoms with Gasteiger partial charge in [0.1, 0.15) is 0 Å². The maximum Gasteiger partial charge on any atom is 0.0543 e. The lowest BCUT2D eigenvalue weighted by atomic mass is 10.1. The molecule has 2 atom stereocenters. The van der Waals surface area contributed by atoms with Gasteiger partial charge in [-0.1, -0.05) is 6.92 Å². The van der Waals surface area contributed by atoms with Gasteiger partial charge in [0.05, 0.1) is 6.10 Å². The third-order valence-electron chi connectivity index (χ3n) is 2.20. The first-order chi connectivity index (χ1) is 4.83. The van der Waals surface area contributed by atoms with Crippen molar-refractivity contribution >= 4 is 0 Å². The summed E-state index contributed by atoms with van der Waals surface area (Å²) in [5.74, 6) is 0.731. The second-order valence-electron chi connectivity index (χ2n) is 3.14. The molecule has 0 spiro atoms. The van der Waals surface area contributed by atoms with Crippen LogP contribution >= 0.6 is 0 Å². The molecule has 60 valence electrons. The van der Waals surface area contributed by atoms with Crippen LogP contribution in [-0.4, -0.2) is 24.3 Å². The second kappa shape index (κ2) is 3.94. The van der Waals surface area contributed by atoms with Crippen LogP contribution in [0.1, 0.15) is 26.2 Å². The first kappa shape index (κ1) is 8.02. The minimum atomic E-state index is -0.0105. The molecule has 1 saturated carbocycles. The normalized spacial score (nSPS) is 33.0. The molecule has 1 fully saturated rings. The Bertz CT molecular complexity index is 95.3. The summed E-state index contributed by atoms with van der Waals surface area (Å²) in [4.78, 5) is 0. The average molecular weight is 143 g/mol. The molecule has 2 heteroatoms. The maximum atomic E-state index is 9.17. The van der Waals surface area contributed by atoms with Gasteiger partial charge in [-0.3, -0.25) is 0 Å². The standard InChI is InChI=1S/C8H17NO/c1-2-9-6-7-3-4-8(10)5-7/h7-10H,2-6H2,1H3. The average Bonchev–Trinajstić information content (AvgIpc) is 2.31. The summed E-state index contributed by atoms with van der Waals surface area (Å²) in [5, 5.41) is 12.5. The first-order valence-electron chi connectivity index (χ1n) is 4.21. The van der Waals surface area contributed by atoms with Gasteiger partial charge in [-0.2, -0.15) is 0 Å². The van der Waals surface area contributed by atoms with E-state index in [1.807, 2.05) is 0 Å². The van der Waals surface area contributed by atoms with E-state index in [4.69, 9.17) is 0 Å². The predicted octanol–water partition coefficient (Wildman–Crippen LogP) is 0.757. The Balaban J connectivity index is 2.06. The third kappa shape index (κ3) is 2.27. The van der Waals surface area contributed by atoms with Crippen molar-refractivity contribution in [1.82, 2.24) is 5.32 Å². The van der Waals surface area contributed by atoms with Gasteiger partial charge in [0.2, 0.25) is 0 Å². The zero-order chi connectivity index (χ0) is 7.40. The summed E-state index contributed by atoms with van der Waals surface area (Å²) in [6.07, 6.45) is 3.21. The van der Waals surface area contributed by atoms with E-state index in [-0.39, 0.29) is 6.10 Å². The van der Waals surface area contributed by atoms with Crippen molar-refractivity contribution in [3.8, 4) is 0 Å². The van der Waals surface area contributed by atoms with E-state index in [0.717, 1.165) is 31.8 Å². The predicted molar refractivity (Wildman–Crippen MR) is 41.9 cm³/mol. The summed E-state index contributed by atoms with van der Waals surface area (Å²) in [7, 11) is 0. The van der Waals surface area contributed by atoms with Crippen LogP contribution in [0.5, 0.6) is 0 Å². The van der Waals surface area contributed by atoms with E-state index >= 15 is 0 Å². The van der Waals surface area contributed by atoms with Crippen molar-refractivity contribution in [3.05, 3.63) is 0 Å². The molecule has 0 saturated heterocycles. The SMILES string of the molecule is CCNCC1CCC(O)C1. The molecule has 0 bridgehead atoms. The van der Waals surface area contributed by atoms with Gasteiger partial charge in [0.15, 0.2) is 0 Å². The summed E-state index contributed by atoms with van der Waals surface area (Å²) >= 11 is 0. The van der Waals surface area contributed by atoms with Crippen LogP contribution in [0.25, 0.3) is 0 Å². The van der Waals surface area contributed by atoms with E-state index in [0.29, 0.717) is 0 Å². The first-order valence-corrected chi connectivity index (χ1v) is 4.21. The van der Waals surface area contributed by atoms with Crippen LogP contribution in [0.2, 0.25) is 0 Å². The lowest BCUT2D eigenvalue weighted by Gasteiger charge is -2.08. The molecule has 0 heterocycles. The zero-order valence-corrected chi connectivity index (χ0v) is 6.64. The number of hydrogen-bond acceptors (Lipinski definition) is 2. The molecular weight excluding hydrogens is 126 g/mol. The molecule has 1 aliphatic rings. The highest BCUT2D eigenvalue weighted by Crippen LogP contribution is 2.24. The van der Waals surface area contributed by atoms with Crippen molar-refractivity contribution in [1.29, 1.82) is 0 Å². The van der Waals surface area contributed by atoms with Crippen molar-refractivity contribution in [3.63, 3.8) is 0 Å². The van der Waals surface area contributed by atoms with Crippen LogP contribution in [0, 0.1) is 5.92 Å². The molecule has 2 nitrogen and oxygen atoms in total. The molecule has 2 unspecified atom stereocenters. The van der Waals surface area contributed by atoms with Crippen LogP contribution in [-0.2, 0) is 0 Å². The summed E-state index contributed by atoms with van der Waals surface area (Å²) in [6, 6.07) is 0. The van der Waals surface area contributed by atoms with Gasteiger partial charge in [-0.15, -0.1) is 0 Å². The van der Waals surface area contributed by atoms with Crippen molar-refractivity contribution in [2.75, 3.05) is 13.1 Å². The van der Waals surface area contributed by atoms with Gasteiger partial charge in [-0.25, -0.2) is 0 Å². The van der Waals surface area contributed by atoms with Crippen LogP contribution < -0.4 is 5.32 Å².